The first-order valence-corrected chi connectivity index (χ1v) is 11.0. The Kier molecular flexibility index (Phi) is 6.12. The van der Waals surface area contributed by atoms with Crippen LogP contribution in [0.3, 0.4) is 0 Å². The minimum absolute atomic E-state index is 0.00242. The van der Waals surface area contributed by atoms with Gasteiger partial charge in [0.05, 0.1) is 13.1 Å². The number of hydrogen-bond acceptors (Lipinski definition) is 5. The fourth-order valence-electron chi connectivity index (χ4n) is 4.46. The van der Waals surface area contributed by atoms with Gasteiger partial charge in [0.15, 0.2) is 5.60 Å². The summed E-state index contributed by atoms with van der Waals surface area (Å²) in [4.78, 5) is 37.4. The molecule has 1 aliphatic heterocycles. The van der Waals surface area contributed by atoms with Gasteiger partial charge in [-0.2, -0.15) is 0 Å². The number of hydrogen-bond donors (Lipinski definition) is 3. The van der Waals surface area contributed by atoms with Gasteiger partial charge in [-0.25, -0.2) is 9.59 Å². The maximum Gasteiger partial charge on any atom is 0.407 e. The number of fused-ring (bicyclic) bond motifs is 3. The van der Waals surface area contributed by atoms with Crippen molar-refractivity contribution in [1.82, 2.24) is 10.2 Å². The van der Waals surface area contributed by atoms with E-state index < -0.39 is 23.7 Å². The Hall–Kier alpha value is -3.39. The smallest absolute Gasteiger partial charge is 0.407 e. The van der Waals surface area contributed by atoms with Crippen molar-refractivity contribution in [2.24, 2.45) is 5.92 Å². The quantitative estimate of drug-likeness (QED) is 0.595. The Bertz CT molecular complexity index is 1030. The Balaban J connectivity index is 1.35. The van der Waals surface area contributed by atoms with Gasteiger partial charge in [0, 0.05) is 18.4 Å². The Labute approximate surface area is 192 Å². The number of carboxylic acids is 1. The monoisotopic (exact) mass is 452 g/mol. The van der Waals surface area contributed by atoms with Crippen molar-refractivity contribution in [3.05, 3.63) is 59.7 Å². The molecule has 0 radical (unpaired) electrons. The Morgan fingerprint density at radius 2 is 1.61 bits per heavy atom. The van der Waals surface area contributed by atoms with Crippen molar-refractivity contribution in [1.29, 1.82) is 0 Å². The molecule has 1 heterocycles. The van der Waals surface area contributed by atoms with E-state index in [0.29, 0.717) is 0 Å². The molecule has 1 fully saturated rings. The molecule has 1 aliphatic carbocycles. The minimum Gasteiger partial charge on any atom is -0.479 e. The lowest BCUT2D eigenvalue weighted by atomic mass is 9.92. The van der Waals surface area contributed by atoms with E-state index in [1.807, 2.05) is 50.2 Å². The topological polar surface area (TPSA) is 116 Å². The van der Waals surface area contributed by atoms with Gasteiger partial charge < -0.3 is 25.2 Å². The number of carboxylic acid groups (broad SMARTS) is 1. The molecule has 0 spiro atoms. The van der Waals surface area contributed by atoms with Gasteiger partial charge in [-0.3, -0.25) is 4.79 Å². The highest BCUT2D eigenvalue weighted by Crippen LogP contribution is 2.44. The third-order valence-corrected chi connectivity index (χ3v) is 6.50. The number of β-amino-alcohol motifs (C(OH)–C–C–N with tert-alkyl or cyclic N) is 1. The number of nitrogens with one attached hydrogen (secondary N) is 1. The van der Waals surface area contributed by atoms with Crippen LogP contribution in [0.5, 0.6) is 0 Å². The van der Waals surface area contributed by atoms with Crippen molar-refractivity contribution in [2.45, 2.75) is 37.8 Å². The summed E-state index contributed by atoms with van der Waals surface area (Å²) in [5, 5.41) is 21.6. The van der Waals surface area contributed by atoms with Gasteiger partial charge in [-0.15, -0.1) is 0 Å². The molecule has 0 saturated carbocycles. The lowest BCUT2D eigenvalue weighted by Gasteiger charge is -2.43. The number of nitrogens with zero attached hydrogens (tertiary/aromatic N) is 1. The predicted octanol–water partition coefficient (Wildman–Crippen LogP) is 2.60. The minimum atomic E-state index is -1.89. The molecular formula is C25H28N2O6. The number of ether oxygens (including phenoxy) is 1. The maximum absolute atomic E-state index is 12.6. The highest BCUT2D eigenvalue weighted by Gasteiger charge is 2.50. The summed E-state index contributed by atoms with van der Waals surface area (Å²) in [5.74, 6) is -1.77. The fourth-order valence-corrected chi connectivity index (χ4v) is 4.46. The van der Waals surface area contributed by atoms with E-state index in [1.54, 1.807) is 0 Å². The van der Waals surface area contributed by atoms with Crippen LogP contribution in [0.15, 0.2) is 48.5 Å². The van der Waals surface area contributed by atoms with Crippen molar-refractivity contribution in [3.63, 3.8) is 0 Å². The van der Waals surface area contributed by atoms with E-state index in [-0.39, 0.29) is 43.9 Å². The molecule has 2 amide bonds. The number of carbonyl (C=O) groups excluding carboxylic acids is 2. The molecule has 3 N–H and O–H groups in total. The molecular weight excluding hydrogens is 424 g/mol. The van der Waals surface area contributed by atoms with Crippen molar-refractivity contribution < 1.29 is 29.3 Å². The average molecular weight is 453 g/mol. The largest absolute Gasteiger partial charge is 0.479 e. The molecule has 2 aromatic carbocycles. The summed E-state index contributed by atoms with van der Waals surface area (Å²) in [6.07, 6.45) is -0.605. The number of aliphatic hydroxyl groups is 1. The van der Waals surface area contributed by atoms with Crippen LogP contribution in [-0.4, -0.2) is 64.4 Å². The normalized spacial score (nSPS) is 17.0. The summed E-state index contributed by atoms with van der Waals surface area (Å²) in [5.41, 5.74) is 2.63. The van der Waals surface area contributed by atoms with Crippen molar-refractivity contribution in [2.75, 3.05) is 19.7 Å². The first-order valence-electron chi connectivity index (χ1n) is 11.0. The number of carbonyl (C=O) groups is 3. The summed E-state index contributed by atoms with van der Waals surface area (Å²) in [7, 11) is 0. The lowest BCUT2D eigenvalue weighted by Crippen LogP contribution is -2.67. The number of aliphatic carboxylic acids is 1. The lowest BCUT2D eigenvalue weighted by molar-refractivity contribution is -0.182. The molecule has 2 aromatic rings. The fraction of sp³-hybridized carbons (Fsp3) is 0.400. The summed E-state index contributed by atoms with van der Waals surface area (Å²) >= 11 is 0. The molecule has 174 valence electrons. The van der Waals surface area contributed by atoms with Crippen LogP contribution in [0.1, 0.15) is 37.3 Å². The van der Waals surface area contributed by atoms with E-state index in [9.17, 15) is 19.5 Å². The SMILES string of the molecule is CC(C)[C@H](CC(=O)N1CC(O)(C(=O)O)C1)NC(=O)OCC1c2ccccc2-c2ccccc21. The third kappa shape index (κ3) is 4.43. The maximum atomic E-state index is 12.6. The van der Waals surface area contributed by atoms with Crippen LogP contribution < -0.4 is 5.32 Å². The van der Waals surface area contributed by atoms with Crippen LogP contribution in [0, 0.1) is 5.92 Å². The Morgan fingerprint density at radius 1 is 1.06 bits per heavy atom. The average Bonchev–Trinajstić information content (AvgIpc) is 3.08. The summed E-state index contributed by atoms with van der Waals surface area (Å²) < 4.78 is 5.57. The number of likely N-dealkylation sites (tertiary alicyclic amines) is 1. The number of amides is 2. The van der Waals surface area contributed by atoms with E-state index in [1.165, 1.54) is 4.90 Å². The van der Waals surface area contributed by atoms with E-state index in [4.69, 9.17) is 9.84 Å². The molecule has 2 aliphatic rings. The Morgan fingerprint density at radius 3 is 2.12 bits per heavy atom. The van der Waals surface area contributed by atoms with E-state index >= 15 is 0 Å². The van der Waals surface area contributed by atoms with Crippen LogP contribution in [0.25, 0.3) is 11.1 Å². The zero-order valence-corrected chi connectivity index (χ0v) is 18.7. The van der Waals surface area contributed by atoms with Gasteiger partial charge in [0.1, 0.15) is 6.61 Å². The van der Waals surface area contributed by atoms with Crippen LogP contribution in [0.2, 0.25) is 0 Å². The van der Waals surface area contributed by atoms with E-state index in [2.05, 4.69) is 17.4 Å². The molecule has 0 bridgehead atoms. The number of alkyl carbamates (subject to hydrolysis) is 1. The van der Waals surface area contributed by atoms with Gasteiger partial charge in [0.2, 0.25) is 5.91 Å². The van der Waals surface area contributed by atoms with Gasteiger partial charge in [-0.05, 0) is 28.2 Å². The molecule has 0 aromatic heterocycles. The van der Waals surface area contributed by atoms with Crippen molar-refractivity contribution in [3.8, 4) is 11.1 Å². The number of benzene rings is 2. The molecule has 4 rings (SSSR count). The van der Waals surface area contributed by atoms with Crippen LogP contribution in [0.4, 0.5) is 4.79 Å². The van der Waals surface area contributed by atoms with Crippen LogP contribution in [-0.2, 0) is 14.3 Å². The predicted molar refractivity (Wildman–Crippen MR) is 121 cm³/mol. The zero-order chi connectivity index (χ0) is 23.8. The summed E-state index contributed by atoms with van der Waals surface area (Å²) in [6, 6.07) is 15.7. The molecule has 8 nitrogen and oxygen atoms in total. The molecule has 1 saturated heterocycles. The molecule has 1 atom stereocenters. The highest BCUT2D eigenvalue weighted by atomic mass is 16.5. The summed E-state index contributed by atoms with van der Waals surface area (Å²) in [6.45, 7) is 3.43. The van der Waals surface area contributed by atoms with E-state index in [0.717, 1.165) is 22.3 Å². The highest BCUT2D eigenvalue weighted by molar-refractivity contribution is 5.85. The molecule has 8 heteroatoms. The van der Waals surface area contributed by atoms with Gasteiger partial charge >= 0.3 is 12.1 Å². The van der Waals surface area contributed by atoms with Gasteiger partial charge in [0.25, 0.3) is 0 Å². The first-order chi connectivity index (χ1) is 15.7. The molecule has 0 unspecified atom stereocenters. The first kappa shape index (κ1) is 22.8. The zero-order valence-electron chi connectivity index (χ0n) is 18.7. The van der Waals surface area contributed by atoms with Crippen molar-refractivity contribution >= 4 is 18.0 Å². The van der Waals surface area contributed by atoms with Crippen LogP contribution >= 0.6 is 0 Å². The number of rotatable bonds is 7. The second-order valence-electron chi connectivity index (χ2n) is 9.11. The standard InChI is InChI=1S/C25H28N2O6/c1-15(2)21(11-22(28)27-13-25(32,14-27)23(29)30)26-24(31)33-12-20-18-9-5-3-7-16(18)17-8-4-6-10-19(17)20/h3-10,15,20-21,32H,11-14H2,1-2H3,(H,26,31)(H,29,30)/t21-/m0/s1. The second-order valence-corrected chi connectivity index (χ2v) is 9.11. The third-order valence-electron chi connectivity index (χ3n) is 6.50. The van der Waals surface area contributed by atoms with Gasteiger partial charge in [-0.1, -0.05) is 62.4 Å². The second kappa shape index (κ2) is 8.86. The molecule has 33 heavy (non-hydrogen) atoms.